The highest BCUT2D eigenvalue weighted by atomic mass is 79.9. The molecule has 4 N–H and O–H groups in total. The second kappa shape index (κ2) is 6.49. The van der Waals surface area contributed by atoms with Gasteiger partial charge in [-0.25, -0.2) is 0 Å². The lowest BCUT2D eigenvalue weighted by molar-refractivity contribution is 0.0946. The molecule has 2 aromatic rings. The van der Waals surface area contributed by atoms with Gasteiger partial charge in [0.2, 0.25) is 0 Å². The first-order chi connectivity index (χ1) is 9.60. The number of pyridine rings is 1. The maximum atomic E-state index is 11.9. The summed E-state index contributed by atoms with van der Waals surface area (Å²) in [6.45, 7) is 0.443. The molecule has 0 saturated carbocycles. The van der Waals surface area contributed by atoms with E-state index in [1.807, 2.05) is 11.4 Å². The Morgan fingerprint density at radius 1 is 1.55 bits per heavy atom. The third-order valence-electron chi connectivity index (χ3n) is 2.44. The Hall–Kier alpha value is -1.93. The highest BCUT2D eigenvalue weighted by Crippen LogP contribution is 2.19. The highest BCUT2D eigenvalue weighted by Gasteiger charge is 2.08. The summed E-state index contributed by atoms with van der Waals surface area (Å²) in [5.74, 6) is -0.325. The van der Waals surface area contributed by atoms with Crippen LogP contribution in [0.2, 0.25) is 0 Å². The van der Waals surface area contributed by atoms with Crippen LogP contribution in [-0.4, -0.2) is 21.9 Å². The van der Waals surface area contributed by atoms with Crippen LogP contribution in [0, 0.1) is 0 Å². The number of hydrogen-bond acceptors (Lipinski definition) is 5. The zero-order valence-electron chi connectivity index (χ0n) is 10.2. The van der Waals surface area contributed by atoms with Crippen LogP contribution in [0.4, 0.5) is 0 Å². The molecule has 1 amide bonds. The minimum absolute atomic E-state index is 0.0482. The Kier molecular flexibility index (Phi) is 4.70. The van der Waals surface area contributed by atoms with E-state index in [9.17, 15) is 4.79 Å². The molecule has 20 heavy (non-hydrogen) atoms. The van der Waals surface area contributed by atoms with Gasteiger partial charge in [-0.3, -0.25) is 9.78 Å². The van der Waals surface area contributed by atoms with E-state index in [0.717, 1.165) is 9.35 Å². The van der Waals surface area contributed by atoms with Crippen LogP contribution in [0.1, 0.15) is 20.9 Å². The number of nitrogens with two attached hydrogens (primary N) is 1. The van der Waals surface area contributed by atoms with E-state index in [1.54, 1.807) is 17.4 Å². The van der Waals surface area contributed by atoms with Crippen molar-refractivity contribution in [1.29, 1.82) is 0 Å². The van der Waals surface area contributed by atoms with E-state index in [2.05, 4.69) is 31.4 Å². The van der Waals surface area contributed by atoms with Gasteiger partial charge in [-0.05, 0) is 34.1 Å². The molecule has 104 valence electrons. The van der Waals surface area contributed by atoms with Crippen LogP contribution < -0.4 is 11.1 Å². The fourth-order valence-electron chi connectivity index (χ4n) is 1.44. The van der Waals surface area contributed by atoms with Crippen molar-refractivity contribution in [3.8, 4) is 0 Å². The fraction of sp³-hybridized carbons (Fsp3) is 0.0833. The first kappa shape index (κ1) is 14.5. The van der Waals surface area contributed by atoms with Gasteiger partial charge in [-0.15, -0.1) is 11.3 Å². The number of thiophene rings is 1. The molecule has 0 aliphatic carbocycles. The van der Waals surface area contributed by atoms with Crippen LogP contribution in [0.3, 0.4) is 0 Å². The molecule has 0 aliphatic rings. The predicted molar refractivity (Wildman–Crippen MR) is 79.9 cm³/mol. The van der Waals surface area contributed by atoms with Crippen molar-refractivity contribution in [2.75, 3.05) is 0 Å². The number of hydrogen-bond donors (Lipinski definition) is 3. The summed E-state index contributed by atoms with van der Waals surface area (Å²) in [6.07, 6.45) is 1.38. The molecule has 0 saturated heterocycles. The van der Waals surface area contributed by atoms with Gasteiger partial charge >= 0.3 is 0 Å². The largest absolute Gasteiger partial charge is 0.409 e. The van der Waals surface area contributed by atoms with Crippen molar-refractivity contribution in [3.05, 3.63) is 50.4 Å². The maximum Gasteiger partial charge on any atom is 0.270 e. The van der Waals surface area contributed by atoms with Crippen LogP contribution in [0.5, 0.6) is 0 Å². The predicted octanol–water partition coefficient (Wildman–Crippen LogP) is 1.93. The van der Waals surface area contributed by atoms with Crippen molar-refractivity contribution < 1.29 is 10.0 Å². The first-order valence-electron chi connectivity index (χ1n) is 5.55. The molecule has 6 nitrogen and oxygen atoms in total. The molecule has 0 atom stereocenters. The van der Waals surface area contributed by atoms with Gasteiger partial charge < -0.3 is 16.3 Å². The van der Waals surface area contributed by atoms with E-state index < -0.39 is 0 Å². The number of nitrogens with one attached hydrogen (secondary N) is 1. The van der Waals surface area contributed by atoms with E-state index in [-0.39, 0.29) is 17.4 Å². The molecule has 0 bridgehead atoms. The summed E-state index contributed by atoms with van der Waals surface area (Å²) >= 11 is 4.91. The quantitative estimate of drug-likeness (QED) is 0.338. The smallest absolute Gasteiger partial charge is 0.270 e. The van der Waals surface area contributed by atoms with Crippen LogP contribution >= 0.6 is 27.3 Å². The van der Waals surface area contributed by atoms with Crippen LogP contribution in [-0.2, 0) is 6.54 Å². The number of oxime groups is 1. The Balaban J connectivity index is 1.99. The van der Waals surface area contributed by atoms with Crippen molar-refractivity contribution in [2.24, 2.45) is 10.9 Å². The lowest BCUT2D eigenvalue weighted by Gasteiger charge is -2.04. The average Bonchev–Trinajstić information content (AvgIpc) is 2.89. The minimum Gasteiger partial charge on any atom is -0.409 e. The zero-order valence-corrected chi connectivity index (χ0v) is 12.6. The third-order valence-corrected chi connectivity index (χ3v) is 4.14. The van der Waals surface area contributed by atoms with Crippen molar-refractivity contribution in [1.82, 2.24) is 10.3 Å². The van der Waals surface area contributed by atoms with Gasteiger partial charge in [-0.1, -0.05) is 5.16 Å². The summed E-state index contributed by atoms with van der Waals surface area (Å²) in [4.78, 5) is 16.9. The third kappa shape index (κ3) is 3.55. The molecule has 2 rings (SSSR count). The van der Waals surface area contributed by atoms with Crippen molar-refractivity contribution in [3.63, 3.8) is 0 Å². The second-order valence-electron chi connectivity index (χ2n) is 3.83. The molecule has 0 fully saturated rings. The SMILES string of the molecule is NC(=NO)c1ccc(C(=O)NCc2cc(Br)cs2)nc1. The number of amidine groups is 1. The van der Waals surface area contributed by atoms with Gasteiger partial charge in [0, 0.05) is 26.5 Å². The van der Waals surface area contributed by atoms with Crippen LogP contribution in [0.15, 0.2) is 39.4 Å². The summed E-state index contributed by atoms with van der Waals surface area (Å²) in [6, 6.07) is 5.03. The minimum atomic E-state index is -0.277. The maximum absolute atomic E-state index is 11.9. The standard InChI is InChI=1S/C12H11BrN4O2S/c13-8-3-9(20-6-8)5-16-12(18)10-2-1-7(4-15-10)11(14)17-19/h1-4,6,19H,5H2,(H2,14,17)(H,16,18). The molecule has 0 aromatic carbocycles. The van der Waals surface area contributed by atoms with Crippen LogP contribution in [0.25, 0.3) is 0 Å². The Labute approximate surface area is 127 Å². The van der Waals surface area contributed by atoms with Gasteiger partial charge in [-0.2, -0.15) is 0 Å². The van der Waals surface area contributed by atoms with Gasteiger partial charge in [0.05, 0.1) is 6.54 Å². The van der Waals surface area contributed by atoms with Crippen molar-refractivity contribution >= 4 is 39.0 Å². The number of halogens is 1. The van der Waals surface area contributed by atoms with E-state index in [0.29, 0.717) is 12.1 Å². The number of carbonyl (C=O) groups excluding carboxylic acids is 1. The molecule has 2 heterocycles. The molecule has 0 aliphatic heterocycles. The Morgan fingerprint density at radius 2 is 2.35 bits per heavy atom. The second-order valence-corrected chi connectivity index (χ2v) is 5.74. The van der Waals surface area contributed by atoms with Gasteiger partial charge in [0.15, 0.2) is 5.84 Å². The highest BCUT2D eigenvalue weighted by molar-refractivity contribution is 9.10. The summed E-state index contributed by atoms with van der Waals surface area (Å²) in [7, 11) is 0. The summed E-state index contributed by atoms with van der Waals surface area (Å²) < 4.78 is 0.994. The lowest BCUT2D eigenvalue weighted by Crippen LogP contribution is -2.23. The Bertz CT molecular complexity index is 639. The molecule has 2 aromatic heterocycles. The van der Waals surface area contributed by atoms with E-state index >= 15 is 0 Å². The molecule has 0 unspecified atom stereocenters. The normalized spacial score (nSPS) is 11.3. The zero-order chi connectivity index (χ0) is 14.5. The molecular formula is C12H11BrN4O2S. The number of rotatable bonds is 4. The first-order valence-corrected chi connectivity index (χ1v) is 7.22. The number of amides is 1. The number of aromatic nitrogens is 1. The summed E-state index contributed by atoms with van der Waals surface area (Å²) in [5, 5.41) is 16.1. The van der Waals surface area contributed by atoms with E-state index in [1.165, 1.54) is 12.3 Å². The fourth-order valence-corrected chi connectivity index (χ4v) is 2.83. The summed E-state index contributed by atoms with van der Waals surface area (Å²) in [5.41, 5.74) is 6.14. The van der Waals surface area contributed by atoms with Gasteiger partial charge in [0.25, 0.3) is 5.91 Å². The lowest BCUT2D eigenvalue weighted by atomic mass is 10.2. The number of nitrogens with zero attached hydrogens (tertiary/aromatic N) is 2. The van der Waals surface area contributed by atoms with E-state index in [4.69, 9.17) is 10.9 Å². The molecule has 0 spiro atoms. The molecule has 0 radical (unpaired) electrons. The molecular weight excluding hydrogens is 344 g/mol. The van der Waals surface area contributed by atoms with Gasteiger partial charge in [0.1, 0.15) is 5.69 Å². The monoisotopic (exact) mass is 354 g/mol. The number of carbonyl (C=O) groups is 1. The Morgan fingerprint density at radius 3 is 2.90 bits per heavy atom. The molecule has 8 heteroatoms. The average molecular weight is 355 g/mol. The topological polar surface area (TPSA) is 101 Å². The van der Waals surface area contributed by atoms with Crippen molar-refractivity contribution in [2.45, 2.75) is 6.54 Å².